The minimum absolute atomic E-state index is 0.0606. The van der Waals surface area contributed by atoms with Crippen LogP contribution in [0.25, 0.3) is 0 Å². The Morgan fingerprint density at radius 3 is 2.69 bits per heavy atom. The summed E-state index contributed by atoms with van der Waals surface area (Å²) >= 11 is 0. The van der Waals surface area contributed by atoms with Gasteiger partial charge in [0.2, 0.25) is 0 Å². The van der Waals surface area contributed by atoms with Crippen molar-refractivity contribution in [2.24, 2.45) is 0 Å². The fourth-order valence-electron chi connectivity index (χ4n) is 1.50. The third-order valence-corrected chi connectivity index (χ3v) is 2.30. The molecule has 0 amide bonds. The third-order valence-electron chi connectivity index (χ3n) is 2.30. The van der Waals surface area contributed by atoms with Crippen LogP contribution >= 0.6 is 0 Å². The van der Waals surface area contributed by atoms with Gasteiger partial charge in [0.15, 0.2) is 0 Å². The molecule has 0 bridgehead atoms. The smallest absolute Gasteiger partial charge is 0.341 e. The lowest BCUT2D eigenvalue weighted by atomic mass is 10.1. The van der Waals surface area contributed by atoms with Crippen LogP contribution in [0.3, 0.4) is 0 Å². The van der Waals surface area contributed by atoms with Crippen molar-refractivity contribution in [1.82, 2.24) is 0 Å². The first-order valence-electron chi connectivity index (χ1n) is 5.68. The lowest BCUT2D eigenvalue weighted by Crippen LogP contribution is -2.07. The van der Waals surface area contributed by atoms with E-state index in [-0.39, 0.29) is 11.3 Å². The van der Waals surface area contributed by atoms with E-state index in [4.69, 9.17) is 4.74 Å². The monoisotopic (exact) mass is 222 g/mol. The van der Waals surface area contributed by atoms with E-state index in [2.05, 4.69) is 0 Å². The zero-order chi connectivity index (χ0) is 12.0. The van der Waals surface area contributed by atoms with Gasteiger partial charge in [-0.25, -0.2) is 4.79 Å². The van der Waals surface area contributed by atoms with Crippen molar-refractivity contribution in [3.8, 4) is 5.75 Å². The summed E-state index contributed by atoms with van der Waals surface area (Å²) in [5, 5.41) is 9.89. The SMILES string of the molecule is CCCOC(=O)c1cccc(CCC)c1O. The molecule has 0 saturated heterocycles. The van der Waals surface area contributed by atoms with Gasteiger partial charge in [-0.05, 0) is 24.5 Å². The number of rotatable bonds is 5. The maximum Gasteiger partial charge on any atom is 0.341 e. The highest BCUT2D eigenvalue weighted by molar-refractivity contribution is 5.92. The zero-order valence-electron chi connectivity index (χ0n) is 9.82. The van der Waals surface area contributed by atoms with Gasteiger partial charge >= 0.3 is 5.97 Å². The zero-order valence-corrected chi connectivity index (χ0v) is 9.82. The maximum atomic E-state index is 11.6. The molecule has 88 valence electrons. The summed E-state index contributed by atoms with van der Waals surface area (Å²) in [6.07, 6.45) is 2.48. The predicted octanol–water partition coefficient (Wildman–Crippen LogP) is 2.91. The fourth-order valence-corrected chi connectivity index (χ4v) is 1.50. The van der Waals surface area contributed by atoms with Gasteiger partial charge in [0.1, 0.15) is 11.3 Å². The second-order valence-electron chi connectivity index (χ2n) is 3.70. The standard InChI is InChI=1S/C13H18O3/c1-3-6-10-7-5-8-11(12(10)14)13(15)16-9-4-2/h5,7-8,14H,3-4,6,9H2,1-2H3. The molecule has 1 rings (SSSR count). The topological polar surface area (TPSA) is 46.5 Å². The summed E-state index contributed by atoms with van der Waals surface area (Å²) in [4.78, 5) is 11.6. The second-order valence-corrected chi connectivity index (χ2v) is 3.70. The van der Waals surface area contributed by atoms with E-state index in [0.29, 0.717) is 6.61 Å². The van der Waals surface area contributed by atoms with Crippen molar-refractivity contribution < 1.29 is 14.6 Å². The molecule has 0 aliphatic heterocycles. The Labute approximate surface area is 96.1 Å². The molecule has 0 unspecified atom stereocenters. The molecule has 1 N–H and O–H groups in total. The number of phenols is 1. The molecular formula is C13H18O3. The van der Waals surface area contributed by atoms with Crippen LogP contribution in [0.15, 0.2) is 18.2 Å². The fraction of sp³-hybridized carbons (Fsp3) is 0.462. The Kier molecular flexibility index (Phi) is 4.83. The predicted molar refractivity (Wildman–Crippen MR) is 62.7 cm³/mol. The number of carbonyl (C=O) groups excluding carboxylic acids is 1. The highest BCUT2D eigenvalue weighted by Crippen LogP contribution is 2.24. The van der Waals surface area contributed by atoms with Gasteiger partial charge in [-0.1, -0.05) is 32.4 Å². The maximum absolute atomic E-state index is 11.6. The molecular weight excluding hydrogens is 204 g/mol. The number of phenolic OH excluding ortho intramolecular Hbond substituents is 1. The molecule has 0 fully saturated rings. The molecule has 16 heavy (non-hydrogen) atoms. The number of para-hydroxylation sites is 1. The van der Waals surface area contributed by atoms with Gasteiger partial charge < -0.3 is 9.84 Å². The van der Waals surface area contributed by atoms with Gasteiger partial charge in [-0.2, -0.15) is 0 Å². The summed E-state index contributed by atoms with van der Waals surface area (Å²) in [5.74, 6) is -0.386. The van der Waals surface area contributed by atoms with Crippen molar-refractivity contribution in [2.45, 2.75) is 33.1 Å². The number of aryl methyl sites for hydroxylation is 1. The number of ether oxygens (including phenoxy) is 1. The normalized spacial score (nSPS) is 10.1. The molecule has 0 spiro atoms. The molecule has 0 radical (unpaired) electrons. The Morgan fingerprint density at radius 1 is 1.31 bits per heavy atom. The third kappa shape index (κ3) is 2.99. The largest absolute Gasteiger partial charge is 0.507 e. The number of aromatic hydroxyl groups is 1. The Balaban J connectivity index is 2.87. The minimum Gasteiger partial charge on any atom is -0.507 e. The molecule has 0 heterocycles. The first-order chi connectivity index (χ1) is 7.70. The van der Waals surface area contributed by atoms with E-state index in [1.165, 1.54) is 0 Å². The Bertz CT molecular complexity index is 358. The van der Waals surface area contributed by atoms with Crippen molar-refractivity contribution in [1.29, 1.82) is 0 Å². The van der Waals surface area contributed by atoms with Crippen molar-refractivity contribution in [3.05, 3.63) is 29.3 Å². The quantitative estimate of drug-likeness (QED) is 0.779. The van der Waals surface area contributed by atoms with E-state index >= 15 is 0 Å². The summed E-state index contributed by atoms with van der Waals surface area (Å²) in [7, 11) is 0. The van der Waals surface area contributed by atoms with Crippen LogP contribution in [-0.2, 0) is 11.2 Å². The van der Waals surface area contributed by atoms with Crippen LogP contribution in [0.4, 0.5) is 0 Å². The van der Waals surface area contributed by atoms with E-state index in [1.54, 1.807) is 12.1 Å². The molecule has 0 aliphatic rings. The number of esters is 1. The first-order valence-corrected chi connectivity index (χ1v) is 5.68. The first kappa shape index (κ1) is 12.6. The molecule has 0 saturated carbocycles. The average Bonchev–Trinajstić information content (AvgIpc) is 2.29. The van der Waals surface area contributed by atoms with Crippen LogP contribution in [0.2, 0.25) is 0 Å². The van der Waals surface area contributed by atoms with Crippen molar-refractivity contribution >= 4 is 5.97 Å². The van der Waals surface area contributed by atoms with Crippen LogP contribution in [-0.4, -0.2) is 17.7 Å². The molecule has 0 aromatic heterocycles. The van der Waals surface area contributed by atoms with Crippen LogP contribution < -0.4 is 0 Å². The number of hydrogen-bond acceptors (Lipinski definition) is 3. The minimum atomic E-state index is -0.447. The molecule has 0 aliphatic carbocycles. The van der Waals surface area contributed by atoms with E-state index in [0.717, 1.165) is 24.8 Å². The number of hydrogen-bond donors (Lipinski definition) is 1. The van der Waals surface area contributed by atoms with E-state index in [9.17, 15) is 9.90 Å². The molecule has 3 heteroatoms. The highest BCUT2D eigenvalue weighted by atomic mass is 16.5. The summed E-state index contributed by atoms with van der Waals surface area (Å²) in [5.41, 5.74) is 1.06. The van der Waals surface area contributed by atoms with Gasteiger partial charge in [0.25, 0.3) is 0 Å². The van der Waals surface area contributed by atoms with Crippen LogP contribution in [0.5, 0.6) is 5.75 Å². The van der Waals surface area contributed by atoms with Crippen molar-refractivity contribution in [3.63, 3.8) is 0 Å². The molecule has 1 aromatic rings. The highest BCUT2D eigenvalue weighted by Gasteiger charge is 2.14. The number of benzene rings is 1. The van der Waals surface area contributed by atoms with Crippen LogP contribution in [0, 0.1) is 0 Å². The lowest BCUT2D eigenvalue weighted by molar-refractivity contribution is 0.0501. The Hall–Kier alpha value is -1.51. The van der Waals surface area contributed by atoms with E-state index in [1.807, 2.05) is 19.9 Å². The number of carbonyl (C=O) groups is 1. The van der Waals surface area contributed by atoms with Gasteiger partial charge in [-0.3, -0.25) is 0 Å². The molecule has 0 atom stereocenters. The van der Waals surface area contributed by atoms with Gasteiger partial charge in [0, 0.05) is 0 Å². The Morgan fingerprint density at radius 2 is 2.06 bits per heavy atom. The van der Waals surface area contributed by atoms with Crippen molar-refractivity contribution in [2.75, 3.05) is 6.61 Å². The second kappa shape index (κ2) is 6.16. The van der Waals surface area contributed by atoms with Crippen LogP contribution in [0.1, 0.15) is 42.6 Å². The summed E-state index contributed by atoms with van der Waals surface area (Å²) in [6, 6.07) is 5.19. The van der Waals surface area contributed by atoms with Gasteiger partial charge in [-0.15, -0.1) is 0 Å². The molecule has 1 aromatic carbocycles. The summed E-state index contributed by atoms with van der Waals surface area (Å²) in [6.45, 7) is 4.35. The summed E-state index contributed by atoms with van der Waals surface area (Å²) < 4.78 is 4.99. The van der Waals surface area contributed by atoms with E-state index < -0.39 is 5.97 Å². The lowest BCUT2D eigenvalue weighted by Gasteiger charge is -2.08. The van der Waals surface area contributed by atoms with Gasteiger partial charge in [0.05, 0.1) is 6.61 Å². The molecule has 3 nitrogen and oxygen atoms in total. The average molecular weight is 222 g/mol.